The molecule has 2 N–H and O–H groups in total. The van der Waals surface area contributed by atoms with Crippen LogP contribution in [0, 0.1) is 13.8 Å². The number of amides is 1. The highest BCUT2D eigenvalue weighted by atomic mass is 32.2. The standard InChI is InChI=1S/C12H20N4O4S/c1-9-12(10(2)20-14-9)21(18,19)16-7-5-15(6-8-16)11(17)3-4-13/h3-8,13H2,1-2H3. The lowest BCUT2D eigenvalue weighted by atomic mass is 10.3. The number of aryl methyl sites for hydroxylation is 2. The van der Waals surface area contributed by atoms with Crippen LogP contribution in [0.25, 0.3) is 0 Å². The molecule has 118 valence electrons. The van der Waals surface area contributed by atoms with E-state index in [9.17, 15) is 13.2 Å². The second-order valence-corrected chi connectivity index (χ2v) is 6.85. The smallest absolute Gasteiger partial charge is 0.248 e. The summed E-state index contributed by atoms with van der Waals surface area (Å²) in [6, 6.07) is 0. The van der Waals surface area contributed by atoms with Gasteiger partial charge in [-0.05, 0) is 13.8 Å². The van der Waals surface area contributed by atoms with Gasteiger partial charge in [0.15, 0.2) is 5.76 Å². The van der Waals surface area contributed by atoms with Gasteiger partial charge in [-0.2, -0.15) is 4.31 Å². The molecule has 0 unspecified atom stereocenters. The van der Waals surface area contributed by atoms with E-state index in [-0.39, 0.29) is 36.1 Å². The number of nitrogens with zero attached hydrogens (tertiary/aromatic N) is 3. The predicted octanol–water partition coefficient (Wildman–Crippen LogP) is -0.527. The van der Waals surface area contributed by atoms with E-state index in [2.05, 4.69) is 5.16 Å². The molecule has 1 saturated heterocycles. The summed E-state index contributed by atoms with van der Waals surface area (Å²) in [5.41, 5.74) is 5.71. The largest absolute Gasteiger partial charge is 0.360 e. The van der Waals surface area contributed by atoms with E-state index in [0.717, 1.165) is 0 Å². The number of hydrogen-bond donors (Lipinski definition) is 1. The number of carbonyl (C=O) groups excluding carboxylic acids is 1. The summed E-state index contributed by atoms with van der Waals surface area (Å²) < 4.78 is 31.5. The van der Waals surface area contributed by atoms with Crippen molar-refractivity contribution >= 4 is 15.9 Å². The number of sulfonamides is 1. The van der Waals surface area contributed by atoms with Crippen molar-refractivity contribution in [2.45, 2.75) is 25.2 Å². The average molecular weight is 316 g/mol. The van der Waals surface area contributed by atoms with E-state index in [1.165, 1.54) is 4.31 Å². The Kier molecular flexibility index (Phi) is 4.64. The summed E-state index contributed by atoms with van der Waals surface area (Å²) in [6.07, 6.45) is 0.288. The number of carbonyl (C=O) groups is 1. The molecule has 21 heavy (non-hydrogen) atoms. The molecule has 0 aliphatic carbocycles. The molecule has 0 bridgehead atoms. The summed E-state index contributed by atoms with van der Waals surface area (Å²) in [4.78, 5) is 13.5. The lowest BCUT2D eigenvalue weighted by Gasteiger charge is -2.33. The van der Waals surface area contributed by atoms with E-state index in [1.807, 2.05) is 0 Å². The Balaban J connectivity index is 2.10. The van der Waals surface area contributed by atoms with Crippen molar-refractivity contribution in [1.29, 1.82) is 0 Å². The number of hydrogen-bond acceptors (Lipinski definition) is 6. The summed E-state index contributed by atoms with van der Waals surface area (Å²) in [7, 11) is -3.63. The molecule has 1 aliphatic heterocycles. The molecule has 1 aromatic rings. The molecule has 0 aromatic carbocycles. The molecule has 0 spiro atoms. The van der Waals surface area contributed by atoms with Crippen LogP contribution in [0.1, 0.15) is 17.9 Å². The summed E-state index contributed by atoms with van der Waals surface area (Å²) in [5.74, 6) is 0.251. The first-order valence-electron chi connectivity index (χ1n) is 6.78. The molecule has 1 aromatic heterocycles. The maximum absolute atomic E-state index is 12.6. The van der Waals surface area contributed by atoms with Crippen LogP contribution in [0.5, 0.6) is 0 Å². The molecule has 8 nitrogen and oxygen atoms in total. The average Bonchev–Trinajstić information content (AvgIpc) is 2.79. The molecule has 9 heteroatoms. The van der Waals surface area contributed by atoms with Crippen molar-refractivity contribution in [3.05, 3.63) is 11.5 Å². The van der Waals surface area contributed by atoms with Crippen molar-refractivity contribution in [2.24, 2.45) is 5.73 Å². The first-order chi connectivity index (χ1) is 9.87. The van der Waals surface area contributed by atoms with Crippen LogP contribution in [-0.2, 0) is 14.8 Å². The third kappa shape index (κ3) is 3.09. The minimum Gasteiger partial charge on any atom is -0.360 e. The lowest BCUT2D eigenvalue weighted by molar-refractivity contribution is -0.132. The van der Waals surface area contributed by atoms with Gasteiger partial charge >= 0.3 is 0 Å². The van der Waals surface area contributed by atoms with Crippen molar-refractivity contribution in [1.82, 2.24) is 14.4 Å². The summed E-state index contributed by atoms with van der Waals surface area (Å²) in [6.45, 7) is 4.77. The van der Waals surface area contributed by atoms with Gasteiger partial charge in [0.05, 0.1) is 0 Å². The quantitative estimate of drug-likeness (QED) is 0.800. The Hall–Kier alpha value is -1.45. The van der Waals surface area contributed by atoms with Gasteiger partial charge in [0.2, 0.25) is 15.9 Å². The van der Waals surface area contributed by atoms with E-state index in [1.54, 1.807) is 18.7 Å². The fourth-order valence-corrected chi connectivity index (χ4v) is 4.14. The van der Waals surface area contributed by atoms with E-state index >= 15 is 0 Å². The third-order valence-corrected chi connectivity index (χ3v) is 5.66. The van der Waals surface area contributed by atoms with E-state index in [4.69, 9.17) is 10.3 Å². The van der Waals surface area contributed by atoms with Crippen LogP contribution in [-0.4, -0.2) is 61.4 Å². The summed E-state index contributed by atoms with van der Waals surface area (Å²) >= 11 is 0. The molecular formula is C12H20N4O4S. The van der Waals surface area contributed by atoms with Gasteiger partial charge in [0.1, 0.15) is 10.6 Å². The topological polar surface area (TPSA) is 110 Å². The van der Waals surface area contributed by atoms with Gasteiger partial charge in [-0.1, -0.05) is 5.16 Å². The second-order valence-electron chi connectivity index (χ2n) is 4.98. The fourth-order valence-electron chi connectivity index (χ4n) is 2.43. The highest BCUT2D eigenvalue weighted by molar-refractivity contribution is 7.89. The number of nitrogens with two attached hydrogens (primary N) is 1. The molecule has 1 aliphatic rings. The van der Waals surface area contributed by atoms with Crippen molar-refractivity contribution in [2.75, 3.05) is 32.7 Å². The first kappa shape index (κ1) is 15.9. The fraction of sp³-hybridized carbons (Fsp3) is 0.667. The van der Waals surface area contributed by atoms with Crippen LogP contribution in [0.15, 0.2) is 9.42 Å². The van der Waals surface area contributed by atoms with Crippen molar-refractivity contribution in [3.8, 4) is 0 Å². The molecule has 2 rings (SSSR count). The van der Waals surface area contributed by atoms with E-state index < -0.39 is 10.0 Å². The Bertz CT molecular complexity index is 598. The normalized spacial score (nSPS) is 17.2. The zero-order valence-corrected chi connectivity index (χ0v) is 13.0. The second kappa shape index (κ2) is 6.12. The van der Waals surface area contributed by atoms with Gasteiger partial charge in [-0.15, -0.1) is 0 Å². The Labute approximate surface area is 123 Å². The minimum atomic E-state index is -3.63. The molecule has 1 amide bonds. The number of rotatable bonds is 4. The van der Waals surface area contributed by atoms with Crippen LogP contribution in [0.3, 0.4) is 0 Å². The van der Waals surface area contributed by atoms with Crippen LogP contribution in [0.2, 0.25) is 0 Å². The Morgan fingerprint density at radius 2 is 1.90 bits per heavy atom. The van der Waals surface area contributed by atoms with Crippen LogP contribution < -0.4 is 5.73 Å². The molecule has 2 heterocycles. The highest BCUT2D eigenvalue weighted by Gasteiger charge is 2.33. The minimum absolute atomic E-state index is 0.0353. The van der Waals surface area contributed by atoms with Crippen molar-refractivity contribution in [3.63, 3.8) is 0 Å². The summed E-state index contributed by atoms with van der Waals surface area (Å²) in [5, 5.41) is 3.69. The monoisotopic (exact) mass is 316 g/mol. The zero-order chi connectivity index (χ0) is 15.6. The molecule has 0 saturated carbocycles. The van der Waals surface area contributed by atoms with Gasteiger partial charge in [0, 0.05) is 39.1 Å². The third-order valence-electron chi connectivity index (χ3n) is 3.52. The number of aromatic nitrogens is 1. The van der Waals surface area contributed by atoms with E-state index in [0.29, 0.717) is 25.3 Å². The van der Waals surface area contributed by atoms with Gasteiger partial charge in [-0.25, -0.2) is 8.42 Å². The first-order valence-corrected chi connectivity index (χ1v) is 8.22. The Morgan fingerprint density at radius 1 is 1.29 bits per heavy atom. The highest BCUT2D eigenvalue weighted by Crippen LogP contribution is 2.24. The molecule has 0 atom stereocenters. The molecule has 1 fully saturated rings. The van der Waals surface area contributed by atoms with Gasteiger partial charge in [0.25, 0.3) is 0 Å². The lowest BCUT2D eigenvalue weighted by Crippen LogP contribution is -2.50. The SMILES string of the molecule is Cc1noc(C)c1S(=O)(=O)N1CCN(C(=O)CCN)CC1. The Morgan fingerprint density at radius 3 is 2.38 bits per heavy atom. The van der Waals surface area contributed by atoms with Crippen molar-refractivity contribution < 1.29 is 17.7 Å². The maximum Gasteiger partial charge on any atom is 0.248 e. The van der Waals surface area contributed by atoms with Gasteiger partial charge < -0.3 is 15.2 Å². The zero-order valence-electron chi connectivity index (χ0n) is 12.2. The van der Waals surface area contributed by atoms with Gasteiger partial charge in [-0.3, -0.25) is 4.79 Å². The van der Waals surface area contributed by atoms with Crippen LogP contribution >= 0.6 is 0 Å². The molecular weight excluding hydrogens is 296 g/mol. The maximum atomic E-state index is 12.6. The number of piperazine rings is 1. The van der Waals surface area contributed by atoms with Crippen LogP contribution in [0.4, 0.5) is 0 Å². The molecule has 0 radical (unpaired) electrons. The predicted molar refractivity (Wildman–Crippen MR) is 75.0 cm³/mol.